The number of imidazole rings is 1. The Hall–Kier alpha value is -2.45. The first-order chi connectivity index (χ1) is 11.3. The molecule has 0 bridgehead atoms. The Morgan fingerprint density at radius 2 is 2.17 bits per heavy atom. The molecule has 0 aliphatic carbocycles. The average Bonchev–Trinajstić information content (AvgIpc) is 2.97. The van der Waals surface area contributed by atoms with Gasteiger partial charge < -0.3 is 9.88 Å². The van der Waals surface area contributed by atoms with Gasteiger partial charge in [-0.05, 0) is 19.3 Å². The molecule has 0 spiro atoms. The molecule has 1 amide bonds. The smallest absolute Gasteiger partial charge is 0.350 e. The number of hydrogen-bond acceptors (Lipinski definition) is 4. The maximum absolute atomic E-state index is 12.7. The molecule has 6 nitrogen and oxygen atoms in total. The van der Waals surface area contributed by atoms with Gasteiger partial charge in [0.05, 0.1) is 11.9 Å². The zero-order valence-electron chi connectivity index (χ0n) is 13.0. The molecule has 2 aromatic rings. The lowest BCUT2D eigenvalue weighted by atomic mass is 9.99. The van der Waals surface area contributed by atoms with E-state index in [-0.39, 0.29) is 17.5 Å². The maximum atomic E-state index is 12.7. The second kappa shape index (κ2) is 6.21. The van der Waals surface area contributed by atoms with E-state index in [0.717, 1.165) is 6.20 Å². The van der Waals surface area contributed by atoms with Gasteiger partial charge in [-0.1, -0.05) is 0 Å². The maximum Gasteiger partial charge on any atom is 0.434 e. The van der Waals surface area contributed by atoms with Crippen LogP contribution in [0.3, 0.4) is 0 Å². The first-order valence-corrected chi connectivity index (χ1v) is 7.53. The van der Waals surface area contributed by atoms with E-state index in [2.05, 4.69) is 20.3 Å². The fourth-order valence-corrected chi connectivity index (χ4v) is 2.66. The van der Waals surface area contributed by atoms with E-state index in [1.807, 2.05) is 0 Å². The number of halogens is 3. The normalized spacial score (nSPS) is 17.4. The zero-order chi connectivity index (χ0) is 17.3. The molecule has 1 atom stereocenters. The van der Waals surface area contributed by atoms with Crippen molar-refractivity contribution in [1.29, 1.82) is 0 Å². The predicted molar refractivity (Wildman–Crippen MR) is 78.1 cm³/mol. The summed E-state index contributed by atoms with van der Waals surface area (Å²) in [6.07, 6.45) is 0.642. The number of aryl methyl sites for hydroxylation is 2. The number of amides is 1. The van der Waals surface area contributed by atoms with Gasteiger partial charge in [0.15, 0.2) is 5.69 Å². The minimum atomic E-state index is -4.43. The molecule has 128 valence electrons. The van der Waals surface area contributed by atoms with Crippen LogP contribution in [0.4, 0.5) is 13.2 Å². The molecule has 0 unspecified atom stereocenters. The average molecular weight is 339 g/mol. The van der Waals surface area contributed by atoms with Crippen LogP contribution in [0.5, 0.6) is 0 Å². The Balaban J connectivity index is 1.59. The number of carbonyl (C=O) groups is 1. The van der Waals surface area contributed by atoms with Crippen molar-refractivity contribution in [3.63, 3.8) is 0 Å². The van der Waals surface area contributed by atoms with Gasteiger partial charge >= 0.3 is 6.18 Å². The summed E-state index contributed by atoms with van der Waals surface area (Å²) in [7, 11) is 0. The van der Waals surface area contributed by atoms with Gasteiger partial charge in [0, 0.05) is 31.9 Å². The summed E-state index contributed by atoms with van der Waals surface area (Å²) in [5.74, 6) is 0.152. The quantitative estimate of drug-likeness (QED) is 0.928. The van der Waals surface area contributed by atoms with Crippen molar-refractivity contribution in [1.82, 2.24) is 24.8 Å². The van der Waals surface area contributed by atoms with Crippen molar-refractivity contribution >= 4 is 5.91 Å². The molecule has 1 aliphatic heterocycles. The van der Waals surface area contributed by atoms with Gasteiger partial charge in [-0.25, -0.2) is 9.97 Å². The number of rotatable bonds is 3. The molecule has 0 saturated carbocycles. The molecule has 0 fully saturated rings. The van der Waals surface area contributed by atoms with Crippen LogP contribution in [0.15, 0.2) is 18.6 Å². The second-order valence-corrected chi connectivity index (χ2v) is 5.85. The van der Waals surface area contributed by atoms with Gasteiger partial charge in [-0.3, -0.25) is 9.78 Å². The minimum Gasteiger partial charge on any atom is -0.350 e. The molecular weight excluding hydrogens is 323 g/mol. The third kappa shape index (κ3) is 3.55. The van der Waals surface area contributed by atoms with E-state index < -0.39 is 11.9 Å². The first-order valence-electron chi connectivity index (χ1n) is 7.53. The van der Waals surface area contributed by atoms with Crippen LogP contribution < -0.4 is 5.32 Å². The minimum absolute atomic E-state index is 0.0511. The monoisotopic (exact) mass is 339 g/mol. The van der Waals surface area contributed by atoms with Crippen LogP contribution in [0.25, 0.3) is 0 Å². The highest BCUT2D eigenvalue weighted by atomic mass is 19.4. The molecule has 0 aromatic carbocycles. The fraction of sp³-hybridized carbons (Fsp3) is 0.467. The zero-order valence-corrected chi connectivity index (χ0v) is 13.0. The molecule has 24 heavy (non-hydrogen) atoms. The highest BCUT2D eigenvalue weighted by molar-refractivity contribution is 5.91. The molecule has 9 heteroatoms. The van der Waals surface area contributed by atoms with Crippen LogP contribution in [-0.4, -0.2) is 32.0 Å². The summed E-state index contributed by atoms with van der Waals surface area (Å²) < 4.78 is 39.6. The molecule has 1 N–H and O–H groups in total. The van der Waals surface area contributed by atoms with Crippen molar-refractivity contribution in [2.24, 2.45) is 5.92 Å². The Labute approximate surface area is 136 Å². The standard InChI is InChI=1S/C15H16F3N5O/c1-9-4-20-11(6-19-9)14(24)21-5-10-2-3-13-22-12(15(16,17)18)8-23(13)7-10/h4,6,8,10H,2-3,5,7H2,1H3,(H,21,24)/t10-/m0/s1. The summed E-state index contributed by atoms with van der Waals surface area (Å²) in [5.41, 5.74) is 0.0724. The summed E-state index contributed by atoms with van der Waals surface area (Å²) >= 11 is 0. The molecule has 0 radical (unpaired) electrons. The number of carbonyl (C=O) groups excluding carboxylic acids is 1. The summed E-state index contributed by atoms with van der Waals surface area (Å²) in [4.78, 5) is 23.6. The van der Waals surface area contributed by atoms with E-state index in [1.54, 1.807) is 6.92 Å². The third-order valence-corrected chi connectivity index (χ3v) is 3.95. The van der Waals surface area contributed by atoms with Crippen molar-refractivity contribution in [3.05, 3.63) is 41.5 Å². The van der Waals surface area contributed by atoms with Crippen LogP contribution in [0, 0.1) is 12.8 Å². The lowest BCUT2D eigenvalue weighted by Crippen LogP contribution is -2.34. The van der Waals surface area contributed by atoms with Crippen LogP contribution >= 0.6 is 0 Å². The molecular formula is C15H16F3N5O. The van der Waals surface area contributed by atoms with Gasteiger partial charge in [-0.2, -0.15) is 13.2 Å². The van der Waals surface area contributed by atoms with E-state index in [1.165, 1.54) is 17.0 Å². The Kier molecular flexibility index (Phi) is 4.25. The SMILES string of the molecule is Cc1cnc(C(=O)NC[C@@H]2CCc3nc(C(F)(F)F)cn3C2)cn1. The Morgan fingerprint density at radius 3 is 2.83 bits per heavy atom. The van der Waals surface area contributed by atoms with Crippen LogP contribution in [0.2, 0.25) is 0 Å². The van der Waals surface area contributed by atoms with Crippen LogP contribution in [0.1, 0.15) is 34.1 Å². The predicted octanol–water partition coefficient (Wildman–Crippen LogP) is 1.99. The number of aromatic nitrogens is 4. The van der Waals surface area contributed by atoms with Crippen molar-refractivity contribution in [2.75, 3.05) is 6.54 Å². The van der Waals surface area contributed by atoms with E-state index >= 15 is 0 Å². The lowest BCUT2D eigenvalue weighted by Gasteiger charge is -2.23. The lowest BCUT2D eigenvalue weighted by molar-refractivity contribution is -0.141. The van der Waals surface area contributed by atoms with E-state index in [9.17, 15) is 18.0 Å². The second-order valence-electron chi connectivity index (χ2n) is 5.85. The number of nitrogens with one attached hydrogen (secondary N) is 1. The van der Waals surface area contributed by atoms with Crippen molar-refractivity contribution in [2.45, 2.75) is 32.5 Å². The molecule has 3 rings (SSSR count). The van der Waals surface area contributed by atoms with Crippen molar-refractivity contribution < 1.29 is 18.0 Å². The molecule has 2 aromatic heterocycles. The van der Waals surface area contributed by atoms with Gasteiger partial charge in [-0.15, -0.1) is 0 Å². The number of hydrogen-bond donors (Lipinski definition) is 1. The summed E-state index contributed by atoms with van der Waals surface area (Å²) in [6.45, 7) is 2.54. The number of nitrogens with zero attached hydrogens (tertiary/aromatic N) is 4. The first kappa shape index (κ1) is 16.4. The highest BCUT2D eigenvalue weighted by Crippen LogP contribution is 2.30. The molecule has 1 aliphatic rings. The van der Waals surface area contributed by atoms with Gasteiger partial charge in [0.2, 0.25) is 0 Å². The number of fused-ring (bicyclic) bond motifs is 1. The highest BCUT2D eigenvalue weighted by Gasteiger charge is 2.35. The molecule has 3 heterocycles. The van der Waals surface area contributed by atoms with Gasteiger partial charge in [0.25, 0.3) is 5.91 Å². The third-order valence-electron chi connectivity index (χ3n) is 3.95. The summed E-state index contributed by atoms with van der Waals surface area (Å²) in [6, 6.07) is 0. The Bertz CT molecular complexity index is 739. The fourth-order valence-electron chi connectivity index (χ4n) is 2.66. The number of alkyl halides is 3. The Morgan fingerprint density at radius 1 is 1.38 bits per heavy atom. The molecule has 0 saturated heterocycles. The van der Waals surface area contributed by atoms with Crippen LogP contribution in [-0.2, 0) is 19.1 Å². The van der Waals surface area contributed by atoms with Crippen molar-refractivity contribution in [3.8, 4) is 0 Å². The topological polar surface area (TPSA) is 72.7 Å². The largest absolute Gasteiger partial charge is 0.434 e. The summed E-state index contributed by atoms with van der Waals surface area (Å²) in [5, 5.41) is 2.76. The van der Waals surface area contributed by atoms with E-state index in [4.69, 9.17) is 0 Å². The van der Waals surface area contributed by atoms with E-state index in [0.29, 0.717) is 37.4 Å². The van der Waals surface area contributed by atoms with Gasteiger partial charge in [0.1, 0.15) is 11.5 Å².